The van der Waals surface area contributed by atoms with E-state index in [2.05, 4.69) is 15.0 Å². The first-order valence-electron chi connectivity index (χ1n) is 10.4. The van der Waals surface area contributed by atoms with E-state index >= 15 is 0 Å². The zero-order valence-corrected chi connectivity index (χ0v) is 18.1. The van der Waals surface area contributed by atoms with E-state index in [1.165, 1.54) is 11.3 Å². The predicted octanol–water partition coefficient (Wildman–Crippen LogP) is 2.77. The van der Waals surface area contributed by atoms with Gasteiger partial charge in [0.15, 0.2) is 4.80 Å². The molecule has 0 saturated heterocycles. The zero-order chi connectivity index (χ0) is 22.4. The number of H-pyrrole nitrogens is 1. The molecule has 0 fully saturated rings. The number of rotatable bonds is 4. The number of hydrogen-bond acceptors (Lipinski definition) is 5. The molecule has 0 atom stereocenters. The summed E-state index contributed by atoms with van der Waals surface area (Å²) < 4.78 is 1.67. The summed E-state index contributed by atoms with van der Waals surface area (Å²) in [6, 6.07) is 24.6. The van der Waals surface area contributed by atoms with Crippen LogP contribution in [0.5, 0.6) is 5.88 Å². The first-order chi connectivity index (χ1) is 16.2. The van der Waals surface area contributed by atoms with Crippen LogP contribution < -0.4 is 15.4 Å². The quantitative estimate of drug-likeness (QED) is 0.440. The van der Waals surface area contributed by atoms with Crippen molar-refractivity contribution in [2.24, 2.45) is 9.98 Å². The van der Waals surface area contributed by atoms with Crippen LogP contribution in [-0.4, -0.2) is 25.5 Å². The summed E-state index contributed by atoms with van der Waals surface area (Å²) in [6.45, 7) is 0.267. The minimum atomic E-state index is -0.366. The Balaban J connectivity index is 1.57. The third-order valence-electron chi connectivity index (χ3n) is 5.45. The molecule has 1 aliphatic rings. The van der Waals surface area contributed by atoms with Gasteiger partial charge in [0.25, 0.3) is 5.91 Å². The van der Waals surface area contributed by atoms with Crippen LogP contribution in [0.4, 0.5) is 5.69 Å². The van der Waals surface area contributed by atoms with E-state index in [-0.39, 0.29) is 18.3 Å². The molecule has 1 amide bonds. The van der Waals surface area contributed by atoms with E-state index in [1.54, 1.807) is 10.6 Å². The van der Waals surface area contributed by atoms with E-state index in [9.17, 15) is 9.90 Å². The number of fused-ring (bicyclic) bond motifs is 2. The standard InChI is InChI=1S/C25H17N5O2S/c31-23-21(16-10-4-5-11-17(16)29-23)22-24(32)30(25(33-22)26-15-8-2-1-3-9-15)14-20-27-18-12-6-7-13-19(18)28-20/h1-13,32H,14H2,(H,27,28). The summed E-state index contributed by atoms with van der Waals surface area (Å²) in [7, 11) is 0. The molecular weight excluding hydrogens is 434 g/mol. The molecule has 1 aliphatic heterocycles. The highest BCUT2D eigenvalue weighted by atomic mass is 32.1. The summed E-state index contributed by atoms with van der Waals surface area (Å²) in [5.74, 6) is 0.276. The number of carbonyl (C=O) groups is 1. The number of imidazole rings is 1. The van der Waals surface area contributed by atoms with Gasteiger partial charge in [-0.05, 0) is 30.3 Å². The van der Waals surface area contributed by atoms with Crippen molar-refractivity contribution >= 4 is 39.5 Å². The van der Waals surface area contributed by atoms with E-state index in [0.717, 1.165) is 16.7 Å². The Labute approximate surface area is 191 Å². The summed E-state index contributed by atoms with van der Waals surface area (Å²) in [5.41, 5.74) is 2.90. The summed E-state index contributed by atoms with van der Waals surface area (Å²) in [5, 5.41) is 12.6. The van der Waals surface area contributed by atoms with Gasteiger partial charge in [0.2, 0.25) is 5.88 Å². The van der Waals surface area contributed by atoms with Crippen LogP contribution in [0.2, 0.25) is 0 Å². The molecule has 2 aromatic heterocycles. The summed E-state index contributed by atoms with van der Waals surface area (Å²) in [6.07, 6.45) is 0. The fourth-order valence-electron chi connectivity index (χ4n) is 3.92. The lowest BCUT2D eigenvalue weighted by Crippen LogP contribution is -2.22. The molecule has 160 valence electrons. The van der Waals surface area contributed by atoms with Crippen molar-refractivity contribution in [3.8, 4) is 5.88 Å². The van der Waals surface area contributed by atoms with Crippen molar-refractivity contribution in [1.82, 2.24) is 14.5 Å². The second kappa shape index (κ2) is 7.68. The first kappa shape index (κ1) is 19.4. The van der Waals surface area contributed by atoms with Gasteiger partial charge in [-0.3, -0.25) is 9.36 Å². The maximum atomic E-state index is 12.8. The molecule has 0 unspecified atom stereocenters. The lowest BCUT2D eigenvalue weighted by atomic mass is 10.1. The maximum absolute atomic E-state index is 12.8. The number of aromatic amines is 1. The number of aromatic nitrogens is 3. The highest BCUT2D eigenvalue weighted by Crippen LogP contribution is 2.29. The molecular formula is C25H17N5O2S. The molecule has 8 heteroatoms. The fraction of sp³-hybridized carbons (Fsp3) is 0.0400. The summed E-state index contributed by atoms with van der Waals surface area (Å²) in [4.78, 5) is 30.6. The van der Waals surface area contributed by atoms with Crippen molar-refractivity contribution in [2.75, 3.05) is 0 Å². The van der Waals surface area contributed by atoms with Crippen molar-refractivity contribution in [3.05, 3.63) is 105 Å². The van der Waals surface area contributed by atoms with Crippen molar-refractivity contribution in [3.63, 3.8) is 0 Å². The minimum absolute atomic E-state index is 0.0367. The Morgan fingerprint density at radius 2 is 1.73 bits per heavy atom. The SMILES string of the molecule is O=C1N=c2ccccc2=C1c1sc(=Nc2ccccc2)n(Cc2nc3ccccc3[nH]2)c1O. The third kappa shape index (κ3) is 3.37. The van der Waals surface area contributed by atoms with E-state index in [4.69, 9.17) is 4.99 Å². The Morgan fingerprint density at radius 1 is 0.970 bits per heavy atom. The van der Waals surface area contributed by atoms with Gasteiger partial charge in [0, 0.05) is 5.22 Å². The number of amides is 1. The molecule has 0 spiro atoms. The topological polar surface area (TPSA) is 95.6 Å². The molecule has 0 aliphatic carbocycles. The normalized spacial score (nSPS) is 13.5. The minimum Gasteiger partial charge on any atom is -0.493 e. The lowest BCUT2D eigenvalue weighted by molar-refractivity contribution is -0.112. The van der Waals surface area contributed by atoms with Gasteiger partial charge < -0.3 is 10.1 Å². The van der Waals surface area contributed by atoms with Crippen LogP contribution in [0, 0.1) is 0 Å². The molecule has 33 heavy (non-hydrogen) atoms. The van der Waals surface area contributed by atoms with Gasteiger partial charge in [-0.25, -0.2) is 15.0 Å². The Morgan fingerprint density at radius 3 is 2.58 bits per heavy atom. The van der Waals surface area contributed by atoms with Crippen molar-refractivity contribution < 1.29 is 9.90 Å². The number of thiazole rings is 1. The van der Waals surface area contributed by atoms with Crippen LogP contribution in [-0.2, 0) is 11.3 Å². The number of nitrogens with zero attached hydrogens (tertiary/aromatic N) is 4. The van der Waals surface area contributed by atoms with Gasteiger partial charge in [-0.15, -0.1) is 0 Å². The van der Waals surface area contributed by atoms with Gasteiger partial charge in [-0.2, -0.15) is 0 Å². The average Bonchev–Trinajstić information content (AvgIpc) is 3.48. The summed E-state index contributed by atoms with van der Waals surface area (Å²) >= 11 is 1.26. The van der Waals surface area contributed by atoms with Crippen LogP contribution >= 0.6 is 11.3 Å². The molecule has 3 aromatic carbocycles. The van der Waals surface area contributed by atoms with E-state index in [0.29, 0.717) is 31.7 Å². The fourth-order valence-corrected chi connectivity index (χ4v) is 5.02. The van der Waals surface area contributed by atoms with Gasteiger partial charge >= 0.3 is 0 Å². The highest BCUT2D eigenvalue weighted by molar-refractivity contribution is 7.11. The Hall–Kier alpha value is -4.30. The number of benzene rings is 3. The molecule has 2 N–H and O–H groups in total. The number of aromatic hydroxyl groups is 1. The van der Waals surface area contributed by atoms with E-state index < -0.39 is 0 Å². The van der Waals surface area contributed by atoms with E-state index in [1.807, 2.05) is 72.8 Å². The average molecular weight is 452 g/mol. The number of carbonyl (C=O) groups excluding carboxylic acids is 1. The number of hydrogen-bond donors (Lipinski definition) is 2. The van der Waals surface area contributed by atoms with Gasteiger partial charge in [0.1, 0.15) is 10.7 Å². The molecule has 0 saturated carbocycles. The van der Waals surface area contributed by atoms with Crippen LogP contribution in [0.1, 0.15) is 10.7 Å². The second-order valence-electron chi connectivity index (χ2n) is 7.58. The Bertz CT molecular complexity index is 1700. The Kier molecular flexibility index (Phi) is 4.51. The highest BCUT2D eigenvalue weighted by Gasteiger charge is 2.26. The first-order valence-corrected chi connectivity index (χ1v) is 11.2. The maximum Gasteiger partial charge on any atom is 0.279 e. The van der Waals surface area contributed by atoms with Crippen LogP contribution in [0.3, 0.4) is 0 Å². The molecule has 0 radical (unpaired) electrons. The molecule has 0 bridgehead atoms. The van der Waals surface area contributed by atoms with Crippen LogP contribution in [0.15, 0.2) is 88.8 Å². The van der Waals surface area contributed by atoms with Gasteiger partial charge in [0.05, 0.1) is 34.2 Å². The molecule has 5 aromatic rings. The molecule has 6 rings (SSSR count). The molecule has 7 nitrogen and oxygen atoms in total. The van der Waals surface area contributed by atoms with Crippen molar-refractivity contribution in [1.29, 1.82) is 0 Å². The van der Waals surface area contributed by atoms with Gasteiger partial charge in [-0.1, -0.05) is 59.9 Å². The predicted molar refractivity (Wildman–Crippen MR) is 126 cm³/mol. The second-order valence-corrected chi connectivity index (χ2v) is 8.56. The van der Waals surface area contributed by atoms with Crippen LogP contribution in [0.25, 0.3) is 16.6 Å². The lowest BCUT2D eigenvalue weighted by Gasteiger charge is -2.04. The third-order valence-corrected chi connectivity index (χ3v) is 6.53. The monoisotopic (exact) mass is 451 g/mol. The smallest absolute Gasteiger partial charge is 0.279 e. The zero-order valence-electron chi connectivity index (χ0n) is 17.3. The number of nitrogens with one attached hydrogen (secondary N) is 1. The van der Waals surface area contributed by atoms with Crippen molar-refractivity contribution in [2.45, 2.75) is 6.54 Å². The largest absolute Gasteiger partial charge is 0.493 e. The molecule has 3 heterocycles. The number of para-hydroxylation sites is 4.